The molecule has 27 heavy (non-hydrogen) atoms. The molecule has 0 aliphatic heterocycles. The van der Waals surface area contributed by atoms with Crippen molar-refractivity contribution < 1.29 is 9.90 Å². The Kier molecular flexibility index (Phi) is 8.69. The molecule has 0 saturated carbocycles. The van der Waals surface area contributed by atoms with Crippen LogP contribution in [-0.2, 0) is 4.79 Å². The van der Waals surface area contributed by atoms with E-state index < -0.39 is 12.0 Å². The summed E-state index contributed by atoms with van der Waals surface area (Å²) in [7, 11) is 0. The Morgan fingerprint density at radius 2 is 2.00 bits per heavy atom. The van der Waals surface area contributed by atoms with Gasteiger partial charge in [0.2, 0.25) is 0 Å². The second-order valence-corrected chi connectivity index (χ2v) is 7.93. The number of carbonyl (C=O) groups is 1. The van der Waals surface area contributed by atoms with Crippen LogP contribution in [0.4, 0.5) is 5.69 Å². The van der Waals surface area contributed by atoms with E-state index in [1.54, 1.807) is 11.8 Å². The van der Waals surface area contributed by atoms with Crippen molar-refractivity contribution in [1.82, 2.24) is 5.32 Å². The van der Waals surface area contributed by atoms with Gasteiger partial charge in [0.1, 0.15) is 11.0 Å². The average Bonchev–Trinajstić information content (AvgIpc) is 2.68. The maximum absolute atomic E-state index is 11.5. The smallest absolute Gasteiger partial charge is 0.326 e. The van der Waals surface area contributed by atoms with E-state index in [1.807, 2.05) is 42.7 Å². The molecule has 8 heteroatoms. The minimum atomic E-state index is -0.894. The quantitative estimate of drug-likeness (QED) is 0.297. The molecule has 0 unspecified atom stereocenters. The Labute approximate surface area is 174 Å². The SMILES string of the molecule is CSCC[C@H](NC(=S)c1cccc2c(NC[C@@H](N)CS)cccc12)C(=O)O. The number of thioether (sulfide) groups is 1. The predicted molar refractivity (Wildman–Crippen MR) is 124 cm³/mol. The number of carboxylic acid groups (broad SMARTS) is 1. The molecule has 0 aliphatic carbocycles. The highest BCUT2D eigenvalue weighted by atomic mass is 32.2. The number of anilines is 1. The average molecular weight is 424 g/mol. The molecule has 2 aromatic carbocycles. The summed E-state index contributed by atoms with van der Waals surface area (Å²) in [5.41, 5.74) is 7.72. The third kappa shape index (κ3) is 6.00. The topological polar surface area (TPSA) is 87.4 Å². The summed E-state index contributed by atoms with van der Waals surface area (Å²) >= 11 is 11.4. The van der Waals surface area contributed by atoms with Crippen LogP contribution in [0.15, 0.2) is 36.4 Å². The fraction of sp³-hybridized carbons (Fsp3) is 0.368. The zero-order valence-corrected chi connectivity index (χ0v) is 17.7. The third-order valence-corrected chi connectivity index (χ3v) is 5.62. The van der Waals surface area contributed by atoms with E-state index in [4.69, 9.17) is 18.0 Å². The molecule has 0 aliphatic rings. The van der Waals surface area contributed by atoms with E-state index in [0.29, 0.717) is 23.7 Å². The van der Waals surface area contributed by atoms with Crippen LogP contribution in [0, 0.1) is 0 Å². The molecule has 0 saturated heterocycles. The highest BCUT2D eigenvalue weighted by Crippen LogP contribution is 2.26. The Bertz CT molecular complexity index is 801. The summed E-state index contributed by atoms with van der Waals surface area (Å²) < 4.78 is 0. The van der Waals surface area contributed by atoms with Gasteiger partial charge in [-0.05, 0) is 29.9 Å². The standard InChI is InChI=1S/C19H25N3O2S3/c1-27-9-8-17(19(23)24)22-18(26)15-6-2-5-14-13(15)4-3-7-16(14)21-10-12(20)11-25/h2-7,12,17,21,25H,8-11,20H2,1H3,(H,22,26)(H,23,24)/t12-,17+/m1/s1. The van der Waals surface area contributed by atoms with Crippen LogP contribution in [0.3, 0.4) is 0 Å². The number of hydrogen-bond acceptors (Lipinski definition) is 6. The third-order valence-electron chi connectivity index (χ3n) is 4.17. The number of benzene rings is 2. The Morgan fingerprint density at radius 3 is 2.67 bits per heavy atom. The summed E-state index contributed by atoms with van der Waals surface area (Å²) in [5, 5.41) is 17.8. The molecular formula is C19H25N3O2S3. The zero-order chi connectivity index (χ0) is 19.8. The first-order chi connectivity index (χ1) is 13.0. The van der Waals surface area contributed by atoms with Crippen molar-refractivity contribution in [1.29, 1.82) is 0 Å². The maximum atomic E-state index is 11.5. The number of nitrogens with one attached hydrogen (secondary N) is 2. The van der Waals surface area contributed by atoms with Gasteiger partial charge >= 0.3 is 5.97 Å². The molecule has 0 amide bonds. The van der Waals surface area contributed by atoms with E-state index in [9.17, 15) is 9.90 Å². The van der Waals surface area contributed by atoms with Crippen LogP contribution in [0.5, 0.6) is 0 Å². The molecule has 0 spiro atoms. The van der Waals surface area contributed by atoms with Crippen LogP contribution in [0.2, 0.25) is 0 Å². The summed E-state index contributed by atoms with van der Waals surface area (Å²) in [4.78, 5) is 12.0. The van der Waals surface area contributed by atoms with Crippen LogP contribution >= 0.6 is 36.6 Å². The van der Waals surface area contributed by atoms with E-state index >= 15 is 0 Å². The maximum Gasteiger partial charge on any atom is 0.326 e. The van der Waals surface area contributed by atoms with E-state index in [1.165, 1.54) is 0 Å². The van der Waals surface area contributed by atoms with Crippen molar-refractivity contribution in [3.63, 3.8) is 0 Å². The van der Waals surface area contributed by atoms with Gasteiger partial charge in [-0.1, -0.05) is 42.5 Å². The number of thiol groups is 1. The van der Waals surface area contributed by atoms with Gasteiger partial charge < -0.3 is 21.5 Å². The molecule has 0 heterocycles. The number of thiocarbonyl (C=S) groups is 1. The van der Waals surface area contributed by atoms with Gasteiger partial charge in [0.25, 0.3) is 0 Å². The second-order valence-electron chi connectivity index (χ2n) is 6.18. The lowest BCUT2D eigenvalue weighted by atomic mass is 10.0. The van der Waals surface area contributed by atoms with Gasteiger partial charge in [0, 0.05) is 35.0 Å². The van der Waals surface area contributed by atoms with Gasteiger partial charge in [-0.15, -0.1) is 0 Å². The molecule has 0 aromatic heterocycles. The van der Waals surface area contributed by atoms with Crippen molar-refractivity contribution in [2.45, 2.75) is 18.5 Å². The first kappa shape index (κ1) is 21.8. The lowest BCUT2D eigenvalue weighted by Crippen LogP contribution is -2.40. The fourth-order valence-corrected chi connectivity index (χ4v) is 3.62. The van der Waals surface area contributed by atoms with Gasteiger partial charge in [-0.3, -0.25) is 0 Å². The first-order valence-corrected chi connectivity index (χ1v) is 11.1. The van der Waals surface area contributed by atoms with Gasteiger partial charge in [-0.25, -0.2) is 4.79 Å². The summed E-state index contributed by atoms with van der Waals surface area (Å²) in [5.74, 6) is 0.459. The van der Waals surface area contributed by atoms with E-state index in [-0.39, 0.29) is 6.04 Å². The molecule has 2 atom stereocenters. The number of nitrogens with two attached hydrogens (primary N) is 1. The second kappa shape index (κ2) is 10.8. The number of fused-ring (bicyclic) bond motifs is 1. The fourth-order valence-electron chi connectivity index (χ4n) is 2.70. The van der Waals surface area contributed by atoms with Gasteiger partial charge in [0.15, 0.2) is 0 Å². The van der Waals surface area contributed by atoms with Crippen molar-refractivity contribution >= 4 is 64.0 Å². The Morgan fingerprint density at radius 1 is 1.30 bits per heavy atom. The highest BCUT2D eigenvalue weighted by Gasteiger charge is 2.19. The highest BCUT2D eigenvalue weighted by molar-refractivity contribution is 7.98. The summed E-state index contributed by atoms with van der Waals surface area (Å²) in [6, 6.07) is 11.0. The minimum Gasteiger partial charge on any atom is -0.480 e. The molecule has 0 radical (unpaired) electrons. The van der Waals surface area contributed by atoms with E-state index in [0.717, 1.165) is 27.8 Å². The van der Waals surface area contributed by atoms with Crippen molar-refractivity contribution in [2.24, 2.45) is 5.73 Å². The van der Waals surface area contributed by atoms with Crippen LogP contribution < -0.4 is 16.4 Å². The van der Waals surface area contributed by atoms with Gasteiger partial charge in [-0.2, -0.15) is 24.4 Å². The molecule has 5 nitrogen and oxygen atoms in total. The summed E-state index contributed by atoms with van der Waals surface area (Å²) in [6.07, 6.45) is 2.46. The van der Waals surface area contributed by atoms with Crippen molar-refractivity contribution in [3.8, 4) is 0 Å². The Balaban J connectivity index is 2.27. The number of aliphatic carboxylic acids is 1. The monoisotopic (exact) mass is 423 g/mol. The lowest BCUT2D eigenvalue weighted by molar-refractivity contribution is -0.139. The van der Waals surface area contributed by atoms with Crippen LogP contribution in [-0.4, -0.2) is 52.5 Å². The normalized spacial score (nSPS) is 13.1. The molecule has 0 fully saturated rings. The number of carboxylic acids is 1. The minimum absolute atomic E-state index is 0.0396. The lowest BCUT2D eigenvalue weighted by Gasteiger charge is -2.18. The van der Waals surface area contributed by atoms with Crippen molar-refractivity contribution in [3.05, 3.63) is 42.0 Å². The summed E-state index contributed by atoms with van der Waals surface area (Å²) in [6.45, 7) is 0.616. The molecular weight excluding hydrogens is 398 g/mol. The molecule has 2 rings (SSSR count). The number of rotatable bonds is 10. The first-order valence-electron chi connectivity index (χ1n) is 8.62. The molecule has 146 valence electrons. The molecule has 0 bridgehead atoms. The Hall–Kier alpha value is -1.48. The number of hydrogen-bond donors (Lipinski definition) is 5. The van der Waals surface area contributed by atoms with Crippen LogP contribution in [0.25, 0.3) is 10.8 Å². The zero-order valence-electron chi connectivity index (χ0n) is 15.1. The largest absolute Gasteiger partial charge is 0.480 e. The van der Waals surface area contributed by atoms with Crippen LogP contribution in [0.1, 0.15) is 12.0 Å². The van der Waals surface area contributed by atoms with Gasteiger partial charge in [0.05, 0.1) is 0 Å². The molecule has 5 N–H and O–H groups in total. The predicted octanol–water partition coefficient (Wildman–Crippen LogP) is 2.98. The van der Waals surface area contributed by atoms with Crippen molar-refractivity contribution in [2.75, 3.05) is 29.6 Å². The molecule has 2 aromatic rings. The van der Waals surface area contributed by atoms with E-state index in [2.05, 4.69) is 23.3 Å².